The molecule has 1 aliphatic rings. The molecule has 0 radical (unpaired) electrons. The van der Waals surface area contributed by atoms with Crippen molar-refractivity contribution in [2.24, 2.45) is 0 Å². The molecule has 0 bridgehead atoms. The van der Waals surface area contributed by atoms with Crippen LogP contribution in [0.25, 0.3) is 0 Å². The first-order chi connectivity index (χ1) is 10.4. The third-order valence-corrected chi connectivity index (χ3v) is 3.61. The normalized spacial score (nSPS) is 20.7. The van der Waals surface area contributed by atoms with Crippen LogP contribution in [-0.2, 0) is 14.3 Å². The summed E-state index contributed by atoms with van der Waals surface area (Å²) in [6.45, 7) is 5.45. The van der Waals surface area contributed by atoms with Gasteiger partial charge < -0.3 is 19.1 Å². The Morgan fingerprint density at radius 2 is 2.09 bits per heavy atom. The molecular formula is C16H22ClNO4. The van der Waals surface area contributed by atoms with E-state index in [1.165, 1.54) is 0 Å². The van der Waals surface area contributed by atoms with Gasteiger partial charge in [-0.3, -0.25) is 4.79 Å². The molecule has 0 aliphatic carbocycles. The molecule has 0 aromatic heterocycles. The van der Waals surface area contributed by atoms with E-state index >= 15 is 0 Å². The number of halogens is 1. The summed E-state index contributed by atoms with van der Waals surface area (Å²) in [5, 5.41) is 0.635. The van der Waals surface area contributed by atoms with Gasteiger partial charge in [0.15, 0.2) is 6.61 Å². The van der Waals surface area contributed by atoms with E-state index in [9.17, 15) is 4.79 Å². The predicted octanol–water partition coefficient (Wildman–Crippen LogP) is 2.37. The van der Waals surface area contributed by atoms with Crippen molar-refractivity contribution in [3.8, 4) is 5.75 Å². The van der Waals surface area contributed by atoms with Gasteiger partial charge in [0.05, 0.1) is 18.3 Å². The molecule has 2 rings (SSSR count). The fourth-order valence-corrected chi connectivity index (χ4v) is 2.65. The van der Waals surface area contributed by atoms with Crippen molar-refractivity contribution in [3.63, 3.8) is 0 Å². The molecule has 1 aliphatic heterocycles. The lowest BCUT2D eigenvalue weighted by Crippen LogP contribution is -2.56. The Hall–Kier alpha value is -1.30. The molecule has 0 unspecified atom stereocenters. The molecule has 0 N–H and O–H groups in total. The van der Waals surface area contributed by atoms with Crippen LogP contribution in [0.1, 0.15) is 13.8 Å². The number of benzene rings is 1. The molecule has 6 heteroatoms. The van der Waals surface area contributed by atoms with Crippen LogP contribution in [0.5, 0.6) is 5.75 Å². The number of ether oxygens (including phenoxy) is 3. The highest BCUT2D eigenvalue weighted by Crippen LogP contribution is 2.22. The number of hydrogen-bond acceptors (Lipinski definition) is 4. The highest BCUT2D eigenvalue weighted by molar-refractivity contribution is 6.30. The molecule has 5 nitrogen and oxygen atoms in total. The summed E-state index contributed by atoms with van der Waals surface area (Å²) in [6.07, 6.45) is -0.117. The number of carbonyl (C=O) groups excluding carboxylic acids is 1. The summed E-state index contributed by atoms with van der Waals surface area (Å²) in [6, 6.07) is 6.95. The number of hydrogen-bond donors (Lipinski definition) is 0. The van der Waals surface area contributed by atoms with E-state index in [0.717, 1.165) is 0 Å². The standard InChI is InChI=1S/C16H22ClNO4/c1-16(2)11-18(8-14(22-16)9-20-3)15(19)10-21-13-6-4-12(17)5-7-13/h4-7,14H,8-11H2,1-3H3/t14-/m1/s1. The predicted molar refractivity (Wildman–Crippen MR) is 84.4 cm³/mol. The Kier molecular flexibility index (Phi) is 5.67. The van der Waals surface area contributed by atoms with E-state index in [1.54, 1.807) is 36.3 Å². The summed E-state index contributed by atoms with van der Waals surface area (Å²) in [5.41, 5.74) is -0.391. The number of carbonyl (C=O) groups is 1. The molecule has 1 atom stereocenters. The quantitative estimate of drug-likeness (QED) is 0.833. The molecule has 1 fully saturated rings. The number of morpholine rings is 1. The van der Waals surface area contributed by atoms with Crippen molar-refractivity contribution in [3.05, 3.63) is 29.3 Å². The Bertz CT molecular complexity index is 503. The smallest absolute Gasteiger partial charge is 0.260 e. The molecule has 1 aromatic carbocycles. The zero-order valence-electron chi connectivity index (χ0n) is 13.2. The van der Waals surface area contributed by atoms with Crippen molar-refractivity contribution in [1.29, 1.82) is 0 Å². The van der Waals surface area contributed by atoms with Crippen molar-refractivity contribution < 1.29 is 19.0 Å². The van der Waals surface area contributed by atoms with Crippen LogP contribution >= 0.6 is 11.6 Å². The van der Waals surface area contributed by atoms with E-state index in [2.05, 4.69) is 0 Å². The van der Waals surface area contributed by atoms with Gasteiger partial charge in [-0.15, -0.1) is 0 Å². The van der Waals surface area contributed by atoms with Crippen molar-refractivity contribution in [2.75, 3.05) is 33.4 Å². The van der Waals surface area contributed by atoms with Crippen LogP contribution in [0, 0.1) is 0 Å². The van der Waals surface area contributed by atoms with Gasteiger partial charge in [0.2, 0.25) is 0 Å². The Balaban J connectivity index is 1.91. The number of amides is 1. The number of methoxy groups -OCH3 is 1. The van der Waals surface area contributed by atoms with Crippen LogP contribution in [0.2, 0.25) is 5.02 Å². The fourth-order valence-electron chi connectivity index (χ4n) is 2.53. The lowest BCUT2D eigenvalue weighted by atomic mass is 10.1. The van der Waals surface area contributed by atoms with Crippen LogP contribution in [0.15, 0.2) is 24.3 Å². The van der Waals surface area contributed by atoms with Gasteiger partial charge in [-0.05, 0) is 38.1 Å². The van der Waals surface area contributed by atoms with Crippen LogP contribution in [-0.4, -0.2) is 55.9 Å². The first kappa shape index (κ1) is 17.1. The van der Waals surface area contributed by atoms with E-state index < -0.39 is 5.60 Å². The van der Waals surface area contributed by atoms with Gasteiger partial charge in [-0.2, -0.15) is 0 Å². The van der Waals surface area contributed by atoms with Gasteiger partial charge in [0, 0.05) is 25.2 Å². The summed E-state index contributed by atoms with van der Waals surface area (Å²) >= 11 is 5.82. The minimum absolute atomic E-state index is 0.00256. The summed E-state index contributed by atoms with van der Waals surface area (Å²) in [4.78, 5) is 14.1. The van der Waals surface area contributed by atoms with Crippen LogP contribution < -0.4 is 4.74 Å². The first-order valence-corrected chi connectivity index (χ1v) is 7.60. The van der Waals surface area contributed by atoms with Gasteiger partial charge in [-0.25, -0.2) is 0 Å². The summed E-state index contributed by atoms with van der Waals surface area (Å²) < 4.78 is 16.6. The highest BCUT2D eigenvalue weighted by atomic mass is 35.5. The largest absolute Gasteiger partial charge is 0.484 e. The molecule has 22 heavy (non-hydrogen) atoms. The Morgan fingerprint density at radius 3 is 2.73 bits per heavy atom. The maximum absolute atomic E-state index is 12.4. The molecule has 1 amide bonds. The second kappa shape index (κ2) is 7.31. The van der Waals surface area contributed by atoms with E-state index in [0.29, 0.717) is 30.5 Å². The molecular weight excluding hydrogens is 306 g/mol. The van der Waals surface area contributed by atoms with Gasteiger partial charge in [-0.1, -0.05) is 11.6 Å². The molecule has 0 saturated carbocycles. The molecule has 1 heterocycles. The lowest BCUT2D eigenvalue weighted by Gasteiger charge is -2.42. The average molecular weight is 328 g/mol. The Morgan fingerprint density at radius 1 is 1.41 bits per heavy atom. The van der Waals surface area contributed by atoms with Crippen molar-refractivity contribution >= 4 is 17.5 Å². The van der Waals surface area contributed by atoms with E-state index in [4.69, 9.17) is 25.8 Å². The monoisotopic (exact) mass is 327 g/mol. The van der Waals surface area contributed by atoms with Crippen LogP contribution in [0.4, 0.5) is 0 Å². The second-order valence-corrected chi connectivity index (χ2v) is 6.41. The maximum Gasteiger partial charge on any atom is 0.260 e. The summed E-state index contributed by atoms with van der Waals surface area (Å²) in [7, 11) is 1.63. The Labute approximate surface area is 136 Å². The molecule has 1 saturated heterocycles. The zero-order valence-corrected chi connectivity index (χ0v) is 13.9. The first-order valence-electron chi connectivity index (χ1n) is 7.22. The van der Waals surface area contributed by atoms with Gasteiger partial charge in [0.25, 0.3) is 5.91 Å². The number of nitrogens with zero attached hydrogens (tertiary/aromatic N) is 1. The summed E-state index contributed by atoms with van der Waals surface area (Å²) in [5.74, 6) is 0.561. The van der Waals surface area contributed by atoms with Gasteiger partial charge >= 0.3 is 0 Å². The lowest BCUT2D eigenvalue weighted by molar-refractivity contribution is -0.170. The van der Waals surface area contributed by atoms with Crippen LogP contribution in [0.3, 0.4) is 0 Å². The molecule has 122 valence electrons. The van der Waals surface area contributed by atoms with E-state index in [-0.39, 0.29) is 18.6 Å². The minimum atomic E-state index is -0.391. The SMILES string of the molecule is COC[C@H]1CN(C(=O)COc2ccc(Cl)cc2)CC(C)(C)O1. The molecule has 0 spiro atoms. The van der Waals surface area contributed by atoms with E-state index in [1.807, 2.05) is 13.8 Å². The average Bonchev–Trinajstić information content (AvgIpc) is 2.45. The zero-order chi connectivity index (χ0) is 16.2. The molecule has 1 aromatic rings. The van der Waals surface area contributed by atoms with Crippen molar-refractivity contribution in [2.45, 2.75) is 25.6 Å². The fraction of sp³-hybridized carbons (Fsp3) is 0.562. The third-order valence-electron chi connectivity index (χ3n) is 3.36. The minimum Gasteiger partial charge on any atom is -0.484 e. The maximum atomic E-state index is 12.4. The number of rotatable bonds is 5. The second-order valence-electron chi connectivity index (χ2n) is 5.97. The third kappa shape index (κ3) is 4.87. The van der Waals surface area contributed by atoms with Gasteiger partial charge in [0.1, 0.15) is 5.75 Å². The topological polar surface area (TPSA) is 48.0 Å². The highest BCUT2D eigenvalue weighted by Gasteiger charge is 2.35. The van der Waals surface area contributed by atoms with Crippen molar-refractivity contribution in [1.82, 2.24) is 4.90 Å².